The van der Waals surface area contributed by atoms with Crippen LogP contribution in [0.4, 0.5) is 0 Å². The maximum absolute atomic E-state index is 12.9. The molecule has 0 spiro atoms. The molecule has 20 heteroatoms. The van der Waals surface area contributed by atoms with E-state index in [-0.39, 0.29) is 40.4 Å². The summed E-state index contributed by atoms with van der Waals surface area (Å²) in [5, 5.41) is 107. The van der Waals surface area contributed by atoms with Crippen LogP contribution >= 0.6 is 0 Å². The number of allylic oxidation sites excluding steroid dienone is 2. The molecule has 0 bridgehead atoms. The van der Waals surface area contributed by atoms with Crippen LogP contribution in [0.1, 0.15) is 120 Å². The van der Waals surface area contributed by atoms with Crippen molar-refractivity contribution in [1.29, 1.82) is 0 Å². The van der Waals surface area contributed by atoms with Crippen LogP contribution in [0.25, 0.3) is 0 Å². The summed E-state index contributed by atoms with van der Waals surface area (Å²) < 4.78 is 42.3. The van der Waals surface area contributed by atoms with Crippen LogP contribution in [0.2, 0.25) is 0 Å². The molecule has 2 unspecified atom stereocenters. The Morgan fingerprint density at radius 2 is 1.29 bits per heavy atom. The summed E-state index contributed by atoms with van der Waals surface area (Å²) in [5.41, 5.74) is -1.58. The van der Waals surface area contributed by atoms with Crippen molar-refractivity contribution in [2.24, 2.45) is 50.2 Å². The number of carbonyl (C=O) groups is 3. The number of ether oxygens (including phenoxy) is 7. The number of aliphatic hydroxyl groups excluding tert-OH is 8. The van der Waals surface area contributed by atoms with Gasteiger partial charge in [0.05, 0.1) is 24.2 Å². The molecule has 8 aliphatic rings. The number of esters is 1. The minimum atomic E-state index is -2.06. The summed E-state index contributed by atoms with van der Waals surface area (Å²) in [6.07, 6.45) is -19.0. The monoisotopic (exact) mass is 999 g/mol. The van der Waals surface area contributed by atoms with E-state index in [1.54, 1.807) is 6.92 Å². The van der Waals surface area contributed by atoms with E-state index in [4.69, 9.17) is 33.2 Å². The number of hydrogen-bond donors (Lipinski definition) is 10. The molecule has 7 fully saturated rings. The number of carboxylic acids is 2. The molecule has 8 rings (SSSR count). The Balaban J connectivity index is 1.07. The summed E-state index contributed by atoms with van der Waals surface area (Å²) in [7, 11) is 0. The van der Waals surface area contributed by atoms with Crippen LogP contribution in [0.3, 0.4) is 0 Å². The number of aliphatic carboxylic acids is 2. The van der Waals surface area contributed by atoms with Crippen molar-refractivity contribution in [3.05, 3.63) is 11.6 Å². The van der Waals surface area contributed by atoms with Crippen LogP contribution in [0, 0.1) is 50.2 Å². The second kappa shape index (κ2) is 18.8. The second-order valence-corrected chi connectivity index (χ2v) is 24.0. The van der Waals surface area contributed by atoms with Gasteiger partial charge >= 0.3 is 17.9 Å². The summed E-state index contributed by atoms with van der Waals surface area (Å²) in [6.45, 7) is 17.2. The zero-order valence-corrected chi connectivity index (χ0v) is 41.8. The molecule has 0 amide bonds. The van der Waals surface area contributed by atoms with E-state index in [9.17, 15) is 65.4 Å². The fourth-order valence-corrected chi connectivity index (χ4v) is 15.4. The van der Waals surface area contributed by atoms with Gasteiger partial charge < -0.3 is 84.2 Å². The summed E-state index contributed by atoms with van der Waals surface area (Å²) in [4.78, 5) is 37.8. The molecule has 70 heavy (non-hydrogen) atoms. The molecule has 5 aliphatic carbocycles. The van der Waals surface area contributed by atoms with Crippen molar-refractivity contribution < 1.29 is 98.6 Å². The number of carboxylic acid groups (broad SMARTS) is 2. The first-order valence-electron chi connectivity index (χ1n) is 25.1. The molecule has 3 heterocycles. The molecule has 3 saturated heterocycles. The van der Waals surface area contributed by atoms with Crippen molar-refractivity contribution in [1.82, 2.24) is 0 Å². The smallest absolute Gasteiger partial charge is 0.335 e. The van der Waals surface area contributed by atoms with Crippen molar-refractivity contribution in [3.63, 3.8) is 0 Å². The van der Waals surface area contributed by atoms with Crippen LogP contribution in [0.5, 0.6) is 0 Å². The normalized spacial score (nSPS) is 53.2. The highest BCUT2D eigenvalue weighted by atomic mass is 16.8. The quantitative estimate of drug-likeness (QED) is 0.0839. The molecule has 0 radical (unpaired) electrons. The maximum atomic E-state index is 12.9. The van der Waals surface area contributed by atoms with Crippen molar-refractivity contribution >= 4 is 17.9 Å². The lowest BCUT2D eigenvalue weighted by Crippen LogP contribution is -2.68. The summed E-state index contributed by atoms with van der Waals surface area (Å²) >= 11 is 0. The molecule has 20 nitrogen and oxygen atoms in total. The van der Waals surface area contributed by atoms with Crippen molar-refractivity contribution in [3.8, 4) is 0 Å². The average molecular weight is 999 g/mol. The Labute approximate surface area is 408 Å². The van der Waals surface area contributed by atoms with Gasteiger partial charge in [-0.25, -0.2) is 4.79 Å². The van der Waals surface area contributed by atoms with Gasteiger partial charge in [-0.1, -0.05) is 53.2 Å². The Morgan fingerprint density at radius 3 is 1.90 bits per heavy atom. The maximum Gasteiger partial charge on any atom is 0.335 e. The first kappa shape index (κ1) is 53.9. The molecule has 398 valence electrons. The summed E-state index contributed by atoms with van der Waals surface area (Å²) in [5.74, 6) is -2.75. The third-order valence-electron chi connectivity index (χ3n) is 19.9. The van der Waals surface area contributed by atoms with Gasteiger partial charge in [0.25, 0.3) is 0 Å². The molecular weight excluding hydrogens is 921 g/mol. The van der Waals surface area contributed by atoms with E-state index < -0.39 is 145 Å². The van der Waals surface area contributed by atoms with Gasteiger partial charge in [-0.15, -0.1) is 0 Å². The van der Waals surface area contributed by atoms with Gasteiger partial charge in [0.2, 0.25) is 0 Å². The minimum absolute atomic E-state index is 0.0518. The largest absolute Gasteiger partial charge is 0.481 e. The Kier molecular flexibility index (Phi) is 14.4. The molecule has 0 aromatic rings. The molecule has 4 saturated carbocycles. The third-order valence-corrected chi connectivity index (χ3v) is 19.9. The highest BCUT2D eigenvalue weighted by Crippen LogP contribution is 2.76. The van der Waals surface area contributed by atoms with Gasteiger partial charge in [0, 0.05) is 18.8 Å². The third kappa shape index (κ3) is 8.39. The zero-order valence-electron chi connectivity index (χ0n) is 41.8. The van der Waals surface area contributed by atoms with Crippen LogP contribution in [-0.2, 0) is 47.5 Å². The first-order chi connectivity index (χ1) is 32.5. The molecule has 3 aliphatic heterocycles. The van der Waals surface area contributed by atoms with Crippen LogP contribution in [-0.4, -0.2) is 180 Å². The van der Waals surface area contributed by atoms with E-state index in [1.165, 1.54) is 19.4 Å². The molecule has 0 aromatic heterocycles. The lowest BCUT2D eigenvalue weighted by Gasteiger charge is -2.71. The highest BCUT2D eigenvalue weighted by Gasteiger charge is 2.70. The zero-order chi connectivity index (χ0) is 51.6. The fourth-order valence-electron chi connectivity index (χ4n) is 15.4. The van der Waals surface area contributed by atoms with Crippen LogP contribution < -0.4 is 0 Å². The molecular formula is C50H78O20. The van der Waals surface area contributed by atoms with E-state index in [2.05, 4.69) is 47.6 Å². The number of fused-ring (bicyclic) bond motifs is 7. The van der Waals surface area contributed by atoms with Gasteiger partial charge in [-0.05, 0) is 105 Å². The predicted octanol–water partition coefficient (Wildman–Crippen LogP) is 1.37. The van der Waals surface area contributed by atoms with Gasteiger partial charge in [0.15, 0.2) is 25.0 Å². The Morgan fingerprint density at radius 1 is 0.657 bits per heavy atom. The van der Waals surface area contributed by atoms with E-state index in [0.29, 0.717) is 19.3 Å². The Bertz CT molecular complexity index is 2020. The number of rotatable bonds is 10. The van der Waals surface area contributed by atoms with E-state index in [1.807, 2.05) is 0 Å². The lowest BCUT2D eigenvalue weighted by molar-refractivity contribution is -0.395. The van der Waals surface area contributed by atoms with Crippen molar-refractivity contribution in [2.75, 3.05) is 6.61 Å². The highest BCUT2D eigenvalue weighted by molar-refractivity contribution is 5.75. The first-order valence-corrected chi connectivity index (χ1v) is 25.1. The number of aliphatic hydroxyl groups is 8. The standard InChI is InChI=1S/C50H78O20/c1-21-30(53)32(55)36(59)41(64-21)69-38-33(56)31(54)25(20-51)66-42(38)70-39-35(58)34(57)37(40(60)61)68-43(39)67-28-13-14-48(7)26(45(28,3)4)12-15-50(9)27(48)11-10-23-24-18-46(5,44(62)63)19-29(65-22(2)52)47(24,6)16-17-49(23,50)8/h10,21,24-39,41-43,51,53-59H,11-20H2,1-9H3,(H,60,61)(H,62,63)/t21-,24-,25+,26?,27?,28-,29+,30-,31-,32+,33-,34-,35-,36+,37-,38+,39+,41-,42-,43+,46+,47+,48-,49+,50+/m0/s1. The number of carbonyl (C=O) groups excluding carboxylic acids is 1. The minimum Gasteiger partial charge on any atom is -0.481 e. The number of hydrogen-bond acceptors (Lipinski definition) is 18. The molecule has 25 atom stereocenters. The van der Waals surface area contributed by atoms with Crippen LogP contribution in [0.15, 0.2) is 11.6 Å². The second-order valence-electron chi connectivity index (χ2n) is 24.0. The van der Waals surface area contributed by atoms with Gasteiger partial charge in [-0.3, -0.25) is 9.59 Å². The molecule has 0 aromatic carbocycles. The summed E-state index contributed by atoms with van der Waals surface area (Å²) in [6, 6.07) is 0. The fraction of sp³-hybridized carbons (Fsp3) is 0.900. The van der Waals surface area contributed by atoms with Gasteiger partial charge in [-0.2, -0.15) is 0 Å². The van der Waals surface area contributed by atoms with Crippen molar-refractivity contribution in [2.45, 2.75) is 224 Å². The average Bonchev–Trinajstić information content (AvgIpc) is 3.28. The van der Waals surface area contributed by atoms with E-state index in [0.717, 1.165) is 32.1 Å². The SMILES string of the molecule is CC(=O)O[C@@H]1C[C@](C)(C(=O)O)C[C@H]2C3=CCC4[C@@]5(C)CC[C@H](O[C@@H]6O[C@H](C(=O)O)[C@@H](O)[C@H](O)[C@H]6O[C@@H]6O[C@H](CO)[C@H](O)[C@H](O)[C@H]6O[C@@H]6O[C@@H](C)[C@H](O)[C@@H](O)[C@H]6O)C(C)(C)C5CC[C@@]4(C)[C@]3(C)CC[C@@]12C. The predicted molar refractivity (Wildman–Crippen MR) is 241 cm³/mol. The topological polar surface area (TPSA) is 318 Å². The molecule has 10 N–H and O–H groups in total. The lowest BCUT2D eigenvalue weighted by atomic mass is 9.33. The Hall–Kier alpha value is -2.41. The van der Waals surface area contributed by atoms with E-state index >= 15 is 0 Å². The van der Waals surface area contributed by atoms with Gasteiger partial charge in [0.1, 0.15) is 67.1 Å².